The first kappa shape index (κ1) is 65.0. The number of phosphoric acid groups is 1. The summed E-state index contributed by atoms with van der Waals surface area (Å²) < 4.78 is 34.3. The van der Waals surface area contributed by atoms with Crippen LogP contribution in [0.25, 0.3) is 0 Å². The first-order chi connectivity index (χ1) is 34.0. The van der Waals surface area contributed by atoms with Crippen LogP contribution in [0.1, 0.15) is 181 Å². The van der Waals surface area contributed by atoms with Gasteiger partial charge in [-0.25, -0.2) is 4.57 Å². The van der Waals surface area contributed by atoms with Gasteiger partial charge in [0, 0.05) is 13.0 Å². The Morgan fingerprint density at radius 2 is 0.800 bits per heavy atom. The van der Waals surface area contributed by atoms with E-state index >= 15 is 0 Å². The molecule has 1 saturated carbocycles. The zero-order valence-corrected chi connectivity index (χ0v) is 43.9. The average Bonchev–Trinajstić information content (AvgIpc) is 3.35. The molecule has 6 N–H and O–H groups in total. The number of allylic oxidation sites excluding steroid dienone is 18. The third-order valence-corrected chi connectivity index (χ3v) is 12.6. The maximum absolute atomic E-state index is 12.9. The van der Waals surface area contributed by atoms with Crippen molar-refractivity contribution < 1.29 is 58.3 Å². The van der Waals surface area contributed by atoms with Gasteiger partial charge in [0.2, 0.25) is 0 Å². The number of aliphatic hydroxyl groups is 5. The molecule has 6 atom stereocenters. The number of carbonyl (C=O) groups is 1. The van der Waals surface area contributed by atoms with Crippen molar-refractivity contribution in [3.63, 3.8) is 0 Å². The quantitative estimate of drug-likeness (QED) is 0.0147. The molecular weight excluding hydrogens is 908 g/mol. The van der Waals surface area contributed by atoms with Crippen molar-refractivity contribution in [3.8, 4) is 0 Å². The molecular formula is C57H95O12P. The molecule has 6 unspecified atom stereocenters. The van der Waals surface area contributed by atoms with Gasteiger partial charge in [-0.1, -0.05) is 187 Å². The van der Waals surface area contributed by atoms with Crippen LogP contribution >= 0.6 is 7.82 Å². The van der Waals surface area contributed by atoms with Crippen molar-refractivity contribution in [2.24, 2.45) is 0 Å². The first-order valence-electron chi connectivity index (χ1n) is 26.7. The third kappa shape index (κ3) is 36.8. The van der Waals surface area contributed by atoms with E-state index in [9.17, 15) is 39.8 Å². The zero-order valence-electron chi connectivity index (χ0n) is 43.0. The van der Waals surface area contributed by atoms with Gasteiger partial charge in [0.1, 0.15) is 42.7 Å². The van der Waals surface area contributed by atoms with E-state index in [-0.39, 0.29) is 13.0 Å². The lowest BCUT2D eigenvalue weighted by Gasteiger charge is -2.41. The fourth-order valence-corrected chi connectivity index (χ4v) is 8.46. The van der Waals surface area contributed by atoms with Crippen LogP contribution in [-0.4, -0.2) is 98.9 Å². The highest BCUT2D eigenvalue weighted by atomic mass is 31.2. The van der Waals surface area contributed by atoms with Crippen LogP contribution in [0.5, 0.6) is 0 Å². The van der Waals surface area contributed by atoms with Gasteiger partial charge in [0.05, 0.1) is 13.2 Å². The highest BCUT2D eigenvalue weighted by Crippen LogP contribution is 2.47. The summed E-state index contributed by atoms with van der Waals surface area (Å²) in [6.07, 6.45) is 52.9. The first-order valence-corrected chi connectivity index (χ1v) is 28.2. The highest BCUT2D eigenvalue weighted by Gasteiger charge is 2.51. The minimum atomic E-state index is -5.04. The van der Waals surface area contributed by atoms with Gasteiger partial charge in [0.15, 0.2) is 0 Å². The van der Waals surface area contributed by atoms with E-state index < -0.39 is 63.1 Å². The average molecular weight is 1000 g/mol. The number of aliphatic hydroxyl groups excluding tert-OH is 5. The second-order valence-corrected chi connectivity index (χ2v) is 19.4. The molecule has 0 aromatic carbocycles. The molecule has 0 aromatic heterocycles. The Morgan fingerprint density at radius 1 is 0.457 bits per heavy atom. The number of hydrogen-bond donors (Lipinski definition) is 6. The summed E-state index contributed by atoms with van der Waals surface area (Å²) in [6, 6.07) is 0. The smallest absolute Gasteiger partial charge is 0.457 e. The van der Waals surface area contributed by atoms with Gasteiger partial charge >= 0.3 is 13.8 Å². The second-order valence-electron chi connectivity index (χ2n) is 18.0. The van der Waals surface area contributed by atoms with E-state index in [4.69, 9.17) is 18.5 Å². The standard InChI is InChI=1S/C57H95O12P/c1-3-5-7-9-11-13-15-17-19-21-23-25-27-29-31-33-35-37-39-41-43-45-47-66-48-50(49-67-70(64,65)69-57-55(62)53(60)52(59)54(61)56(57)63)68-51(58)46-44-42-40-38-36-34-32-30-28-26-24-22-20-18-16-14-12-10-8-6-4-2/h5-8,11-14,17-20,23-26,29,31,50,52-57,59-63H,3-4,9-10,15-16,21-22,27-28,30,32-49H2,1-2H3,(H,64,65)/b7-5-,8-6-,13-11-,14-12-,19-17-,20-18-,25-23-,26-24-,31-29-. The van der Waals surface area contributed by atoms with Crippen molar-refractivity contribution in [1.82, 2.24) is 0 Å². The molecule has 0 aromatic rings. The van der Waals surface area contributed by atoms with E-state index in [1.807, 2.05) is 0 Å². The van der Waals surface area contributed by atoms with Crippen molar-refractivity contribution in [1.29, 1.82) is 0 Å². The van der Waals surface area contributed by atoms with E-state index in [1.54, 1.807) is 0 Å². The van der Waals surface area contributed by atoms with Crippen LogP contribution in [-0.2, 0) is 27.9 Å². The molecule has 1 aliphatic rings. The monoisotopic (exact) mass is 1000 g/mol. The topological polar surface area (TPSA) is 192 Å². The highest BCUT2D eigenvalue weighted by molar-refractivity contribution is 7.47. The molecule has 13 heteroatoms. The van der Waals surface area contributed by atoms with Gasteiger partial charge in [-0.3, -0.25) is 13.8 Å². The maximum Gasteiger partial charge on any atom is 0.472 e. The Balaban J connectivity index is 2.36. The number of esters is 1. The molecule has 1 rings (SSSR count). The van der Waals surface area contributed by atoms with Gasteiger partial charge < -0.3 is 39.9 Å². The van der Waals surface area contributed by atoms with Crippen molar-refractivity contribution in [2.75, 3.05) is 19.8 Å². The van der Waals surface area contributed by atoms with Crippen LogP contribution in [0.4, 0.5) is 0 Å². The molecule has 12 nitrogen and oxygen atoms in total. The molecule has 1 fully saturated rings. The molecule has 0 radical (unpaired) electrons. The predicted octanol–water partition coefficient (Wildman–Crippen LogP) is 12.4. The van der Waals surface area contributed by atoms with Crippen LogP contribution in [0.15, 0.2) is 109 Å². The minimum Gasteiger partial charge on any atom is -0.457 e. The summed E-state index contributed by atoms with van der Waals surface area (Å²) in [6.45, 7) is 3.99. The van der Waals surface area contributed by atoms with E-state index in [1.165, 1.54) is 19.3 Å². The molecule has 0 saturated heterocycles. The number of ether oxygens (including phenoxy) is 2. The Kier molecular flexibility index (Phi) is 42.6. The van der Waals surface area contributed by atoms with Crippen molar-refractivity contribution in [3.05, 3.63) is 109 Å². The lowest BCUT2D eigenvalue weighted by Crippen LogP contribution is -2.64. The number of carbonyl (C=O) groups excluding carboxylic acids is 1. The van der Waals surface area contributed by atoms with E-state index in [0.717, 1.165) is 135 Å². The van der Waals surface area contributed by atoms with Gasteiger partial charge in [-0.15, -0.1) is 0 Å². The van der Waals surface area contributed by atoms with Crippen LogP contribution in [0.2, 0.25) is 0 Å². The summed E-state index contributed by atoms with van der Waals surface area (Å²) in [4.78, 5) is 23.3. The molecule has 0 aliphatic heterocycles. The molecule has 0 heterocycles. The van der Waals surface area contributed by atoms with Crippen molar-refractivity contribution >= 4 is 13.8 Å². The van der Waals surface area contributed by atoms with E-state index in [0.29, 0.717) is 13.0 Å². The van der Waals surface area contributed by atoms with Gasteiger partial charge in [-0.2, -0.15) is 0 Å². The van der Waals surface area contributed by atoms with E-state index in [2.05, 4.69) is 123 Å². The Bertz CT molecular complexity index is 1570. The Morgan fingerprint density at radius 3 is 1.21 bits per heavy atom. The number of hydrogen-bond acceptors (Lipinski definition) is 11. The summed E-state index contributed by atoms with van der Waals surface area (Å²) in [5.74, 6) is -0.496. The fraction of sp³-hybridized carbons (Fsp3) is 0.667. The zero-order chi connectivity index (χ0) is 51.2. The number of phosphoric ester groups is 1. The lowest BCUT2D eigenvalue weighted by molar-refractivity contribution is -0.220. The van der Waals surface area contributed by atoms with Gasteiger partial charge in [0.25, 0.3) is 0 Å². The molecule has 1 aliphatic carbocycles. The molecule has 0 spiro atoms. The summed E-state index contributed by atoms with van der Waals surface area (Å²) in [5.41, 5.74) is 0. The minimum absolute atomic E-state index is 0.0976. The normalized spacial score (nSPS) is 21.8. The molecule has 400 valence electrons. The maximum atomic E-state index is 12.9. The van der Waals surface area contributed by atoms with Crippen LogP contribution < -0.4 is 0 Å². The second kappa shape index (κ2) is 45.8. The van der Waals surface area contributed by atoms with Gasteiger partial charge in [-0.05, 0) is 96.3 Å². The molecule has 0 bridgehead atoms. The lowest BCUT2D eigenvalue weighted by atomic mass is 9.85. The summed E-state index contributed by atoms with van der Waals surface area (Å²) in [7, 11) is -5.04. The van der Waals surface area contributed by atoms with Crippen LogP contribution in [0, 0.1) is 0 Å². The Hall–Kier alpha value is -3.00. The van der Waals surface area contributed by atoms with Crippen molar-refractivity contribution in [2.45, 2.75) is 224 Å². The third-order valence-electron chi connectivity index (χ3n) is 11.6. The molecule has 0 amide bonds. The Labute approximate surface area is 423 Å². The predicted molar refractivity (Wildman–Crippen MR) is 285 cm³/mol. The summed E-state index contributed by atoms with van der Waals surface area (Å²) >= 11 is 0. The largest absolute Gasteiger partial charge is 0.472 e. The SMILES string of the molecule is CC/C=C\C/C=C\C/C=C\C/C=C\C/C=C\CCCCCCCCOCC(COP(=O)(O)OC1C(O)C(O)C(O)C(O)C1O)OC(=O)CCCCCCCCCC/C=C\C/C=C\C/C=C\C/C=C\CC. The summed E-state index contributed by atoms with van der Waals surface area (Å²) in [5, 5.41) is 50.4. The fourth-order valence-electron chi connectivity index (χ4n) is 7.49. The number of rotatable bonds is 44. The molecule has 70 heavy (non-hydrogen) atoms. The number of unbranched alkanes of at least 4 members (excludes halogenated alkanes) is 14. The van der Waals surface area contributed by atoms with Crippen LogP contribution in [0.3, 0.4) is 0 Å².